The van der Waals surface area contributed by atoms with Gasteiger partial charge in [-0.1, -0.05) is 0 Å². The summed E-state index contributed by atoms with van der Waals surface area (Å²) >= 11 is 3.30. The number of benzene rings is 2. The number of carbonyl (C=O) groups is 1. The van der Waals surface area contributed by atoms with Crippen LogP contribution in [0.25, 0.3) is 11.3 Å². The zero-order chi connectivity index (χ0) is 17.4. The molecule has 4 rings (SSSR count). The number of hydrogen-bond donors (Lipinski definition) is 1. The van der Waals surface area contributed by atoms with E-state index in [4.69, 9.17) is 9.47 Å². The van der Waals surface area contributed by atoms with Gasteiger partial charge < -0.3 is 9.47 Å². The summed E-state index contributed by atoms with van der Waals surface area (Å²) < 4.78 is 24.7. The summed E-state index contributed by atoms with van der Waals surface area (Å²) in [5.74, 6) is 0.528. The summed E-state index contributed by atoms with van der Waals surface area (Å²) in [6, 6.07) is 9.64. The molecule has 1 N–H and O–H groups in total. The summed E-state index contributed by atoms with van der Waals surface area (Å²) in [6.45, 7) is 0.212. The Kier molecular flexibility index (Phi) is 4.30. The van der Waals surface area contributed by atoms with Gasteiger partial charge in [-0.3, -0.25) is 10.1 Å². The first-order chi connectivity index (χ1) is 12.1. The Morgan fingerprint density at radius 2 is 2.04 bits per heavy atom. The Labute approximate surface area is 159 Å². The molecule has 1 aliphatic rings. The second-order valence-electron chi connectivity index (χ2n) is 5.18. The third-order valence-electron chi connectivity index (χ3n) is 3.57. The highest BCUT2D eigenvalue weighted by atomic mass is 127. The molecule has 0 saturated carbocycles. The van der Waals surface area contributed by atoms with Crippen molar-refractivity contribution in [3.63, 3.8) is 0 Å². The number of rotatable bonds is 3. The highest BCUT2D eigenvalue weighted by Gasteiger charge is 2.16. The van der Waals surface area contributed by atoms with Crippen LogP contribution in [0, 0.1) is 9.39 Å². The van der Waals surface area contributed by atoms with Crippen molar-refractivity contribution in [2.24, 2.45) is 0 Å². The molecule has 0 atom stereocenters. The molecule has 0 fully saturated rings. The summed E-state index contributed by atoms with van der Waals surface area (Å²) in [6.07, 6.45) is 0. The van der Waals surface area contributed by atoms with Crippen LogP contribution in [0.15, 0.2) is 41.8 Å². The predicted octanol–water partition coefficient (Wildman–Crippen LogP) is 4.53. The maximum atomic E-state index is 13.4. The number of fused-ring (bicyclic) bond motifs is 1. The number of halogens is 2. The summed E-state index contributed by atoms with van der Waals surface area (Å²) in [7, 11) is 0. The van der Waals surface area contributed by atoms with E-state index in [2.05, 4.69) is 10.3 Å². The fraction of sp³-hybridized carbons (Fsp3) is 0.0588. The molecule has 8 heteroatoms. The van der Waals surface area contributed by atoms with Crippen molar-refractivity contribution < 1.29 is 18.7 Å². The van der Waals surface area contributed by atoms with Crippen LogP contribution in [0.3, 0.4) is 0 Å². The van der Waals surface area contributed by atoms with Gasteiger partial charge in [0.15, 0.2) is 16.6 Å². The molecule has 1 aliphatic heterocycles. The number of carbonyl (C=O) groups excluding carboxylic acids is 1. The highest BCUT2D eigenvalue weighted by Crippen LogP contribution is 2.36. The Morgan fingerprint density at radius 1 is 1.20 bits per heavy atom. The fourth-order valence-corrected chi connectivity index (χ4v) is 3.65. The number of ether oxygens (including phenoxy) is 2. The smallest absolute Gasteiger partial charge is 0.258 e. The van der Waals surface area contributed by atoms with Crippen molar-refractivity contribution in [2.75, 3.05) is 12.1 Å². The molecule has 0 radical (unpaired) electrons. The molecule has 2 aromatic carbocycles. The van der Waals surface area contributed by atoms with Gasteiger partial charge in [0.25, 0.3) is 5.91 Å². The number of anilines is 1. The Morgan fingerprint density at radius 3 is 2.92 bits per heavy atom. The van der Waals surface area contributed by atoms with Gasteiger partial charge in [0.1, 0.15) is 5.82 Å². The van der Waals surface area contributed by atoms with Gasteiger partial charge in [-0.05, 0) is 59.0 Å². The molecule has 3 aromatic rings. The number of aromatic nitrogens is 1. The molecule has 0 saturated heterocycles. The molecule has 0 unspecified atom stereocenters. The molecule has 126 valence electrons. The molecule has 0 bridgehead atoms. The molecular weight excluding hydrogens is 458 g/mol. The minimum Gasteiger partial charge on any atom is -0.454 e. The number of hydrogen-bond acceptors (Lipinski definition) is 5. The Bertz CT molecular complexity index is 976. The van der Waals surface area contributed by atoms with Crippen molar-refractivity contribution in [3.8, 4) is 22.8 Å². The van der Waals surface area contributed by atoms with Gasteiger partial charge in [-0.2, -0.15) is 0 Å². The normalized spacial score (nSPS) is 12.2. The number of thiazole rings is 1. The monoisotopic (exact) mass is 468 g/mol. The van der Waals surface area contributed by atoms with E-state index in [1.165, 1.54) is 23.5 Å². The minimum absolute atomic E-state index is 0.212. The van der Waals surface area contributed by atoms with E-state index in [0.717, 1.165) is 5.56 Å². The van der Waals surface area contributed by atoms with E-state index in [1.807, 2.05) is 46.2 Å². The molecule has 0 aliphatic carbocycles. The highest BCUT2D eigenvalue weighted by molar-refractivity contribution is 14.1. The SMILES string of the molecule is O=C(Nc1nc(-c2ccc3c(c2)OCO3)cs1)c1cc(F)ccc1I. The van der Waals surface area contributed by atoms with Crippen LogP contribution < -0.4 is 14.8 Å². The van der Waals surface area contributed by atoms with E-state index >= 15 is 0 Å². The van der Waals surface area contributed by atoms with E-state index in [-0.39, 0.29) is 12.4 Å². The number of nitrogens with one attached hydrogen (secondary N) is 1. The van der Waals surface area contributed by atoms with Gasteiger partial charge in [0.2, 0.25) is 6.79 Å². The van der Waals surface area contributed by atoms with E-state index in [0.29, 0.717) is 25.9 Å². The molecule has 5 nitrogen and oxygen atoms in total. The van der Waals surface area contributed by atoms with Crippen LogP contribution in [0.2, 0.25) is 0 Å². The summed E-state index contributed by atoms with van der Waals surface area (Å²) in [5.41, 5.74) is 1.86. The predicted molar refractivity (Wildman–Crippen MR) is 101 cm³/mol. The van der Waals surface area contributed by atoms with Gasteiger partial charge in [0.05, 0.1) is 11.3 Å². The second-order valence-corrected chi connectivity index (χ2v) is 7.20. The van der Waals surface area contributed by atoms with Crippen molar-refractivity contribution in [1.82, 2.24) is 4.98 Å². The minimum atomic E-state index is -0.453. The van der Waals surface area contributed by atoms with Gasteiger partial charge in [-0.25, -0.2) is 9.37 Å². The van der Waals surface area contributed by atoms with Crippen molar-refractivity contribution in [2.45, 2.75) is 0 Å². The zero-order valence-electron chi connectivity index (χ0n) is 12.6. The van der Waals surface area contributed by atoms with Crippen LogP contribution in [0.4, 0.5) is 9.52 Å². The van der Waals surface area contributed by atoms with Crippen LogP contribution >= 0.6 is 33.9 Å². The maximum Gasteiger partial charge on any atom is 0.258 e. The zero-order valence-corrected chi connectivity index (χ0v) is 15.6. The van der Waals surface area contributed by atoms with Gasteiger partial charge in [-0.15, -0.1) is 11.3 Å². The standard InChI is InChI=1S/C17H10FIN2O3S/c18-10-2-3-12(19)11(6-10)16(22)21-17-20-13(7-25-17)9-1-4-14-15(5-9)24-8-23-14/h1-7H,8H2,(H,20,21,22). The average Bonchev–Trinajstić information content (AvgIpc) is 3.25. The van der Waals surface area contributed by atoms with E-state index in [9.17, 15) is 9.18 Å². The lowest BCUT2D eigenvalue weighted by Crippen LogP contribution is -2.13. The largest absolute Gasteiger partial charge is 0.454 e. The summed E-state index contributed by atoms with van der Waals surface area (Å²) in [4.78, 5) is 16.8. The maximum absolute atomic E-state index is 13.4. The first-order valence-electron chi connectivity index (χ1n) is 7.22. The number of nitrogens with zero attached hydrogens (tertiary/aromatic N) is 1. The Balaban J connectivity index is 1.55. The van der Waals surface area contributed by atoms with Crippen molar-refractivity contribution >= 4 is 45.0 Å². The van der Waals surface area contributed by atoms with E-state index < -0.39 is 11.7 Å². The van der Waals surface area contributed by atoms with Crippen LogP contribution in [0.5, 0.6) is 11.5 Å². The summed E-state index contributed by atoms with van der Waals surface area (Å²) in [5, 5.41) is 4.99. The topological polar surface area (TPSA) is 60.5 Å². The molecule has 0 spiro atoms. The third-order valence-corrected chi connectivity index (χ3v) is 5.26. The molecule has 2 heterocycles. The number of amides is 1. The van der Waals surface area contributed by atoms with Gasteiger partial charge in [0, 0.05) is 14.5 Å². The second kappa shape index (κ2) is 6.60. The first kappa shape index (κ1) is 16.3. The van der Waals surface area contributed by atoms with Crippen LogP contribution in [-0.4, -0.2) is 17.7 Å². The van der Waals surface area contributed by atoms with Crippen molar-refractivity contribution in [1.29, 1.82) is 0 Å². The van der Waals surface area contributed by atoms with Gasteiger partial charge >= 0.3 is 0 Å². The fourth-order valence-electron chi connectivity index (χ4n) is 2.36. The van der Waals surface area contributed by atoms with Crippen LogP contribution in [0.1, 0.15) is 10.4 Å². The quantitative estimate of drug-likeness (QED) is 0.574. The molecule has 1 aromatic heterocycles. The lowest BCUT2D eigenvalue weighted by molar-refractivity contribution is 0.102. The molecular formula is C17H10FIN2O3S. The lowest BCUT2D eigenvalue weighted by atomic mass is 10.1. The van der Waals surface area contributed by atoms with E-state index in [1.54, 1.807) is 6.07 Å². The first-order valence-corrected chi connectivity index (χ1v) is 9.18. The van der Waals surface area contributed by atoms with Crippen LogP contribution in [-0.2, 0) is 0 Å². The average molecular weight is 468 g/mol. The third kappa shape index (κ3) is 3.31. The molecule has 1 amide bonds. The Hall–Kier alpha value is -2.20. The molecule has 25 heavy (non-hydrogen) atoms. The van der Waals surface area contributed by atoms with Crippen molar-refractivity contribution in [3.05, 3.63) is 56.7 Å². The lowest BCUT2D eigenvalue weighted by Gasteiger charge is -2.04.